The molecule has 36 heavy (non-hydrogen) atoms. The second kappa shape index (κ2) is 11.1. The predicted molar refractivity (Wildman–Crippen MR) is 147 cm³/mol. The van der Waals surface area contributed by atoms with E-state index in [0.717, 1.165) is 64.9 Å². The van der Waals surface area contributed by atoms with Crippen molar-refractivity contribution in [2.45, 2.75) is 30.2 Å². The first-order valence-corrected chi connectivity index (χ1v) is 13.4. The third-order valence-electron chi connectivity index (χ3n) is 8.65. The molecule has 4 nitrogen and oxygen atoms in total. The van der Waals surface area contributed by atoms with Crippen molar-refractivity contribution < 1.29 is 4.79 Å². The van der Waals surface area contributed by atoms with Crippen LogP contribution in [0.2, 0.25) is 0 Å². The van der Waals surface area contributed by atoms with Crippen LogP contribution in [-0.4, -0.2) is 73.8 Å². The Hall–Kier alpha value is -2.79. The van der Waals surface area contributed by atoms with Gasteiger partial charge in [-0.3, -0.25) is 9.80 Å². The minimum absolute atomic E-state index is 0.133. The van der Waals surface area contributed by atoms with Gasteiger partial charge in [0.15, 0.2) is 0 Å². The molecule has 3 aromatic rings. The minimum atomic E-state index is -0.443. The lowest BCUT2D eigenvalue weighted by Crippen LogP contribution is -2.57. The van der Waals surface area contributed by atoms with Crippen LogP contribution in [0.1, 0.15) is 36.0 Å². The molecule has 2 heterocycles. The van der Waals surface area contributed by atoms with E-state index in [9.17, 15) is 4.79 Å². The van der Waals surface area contributed by atoms with Gasteiger partial charge in [0, 0.05) is 57.6 Å². The zero-order chi connectivity index (χ0) is 24.8. The highest BCUT2D eigenvalue weighted by Crippen LogP contribution is 2.44. The molecule has 3 aromatic carbocycles. The molecule has 2 aliphatic rings. The van der Waals surface area contributed by atoms with E-state index in [1.165, 1.54) is 16.7 Å². The second-order valence-corrected chi connectivity index (χ2v) is 10.7. The van der Waals surface area contributed by atoms with Crippen molar-refractivity contribution >= 4 is 6.29 Å². The van der Waals surface area contributed by atoms with Crippen molar-refractivity contribution in [1.29, 1.82) is 0 Å². The zero-order valence-electron chi connectivity index (χ0n) is 21.6. The third kappa shape index (κ3) is 4.90. The molecule has 0 atom stereocenters. The van der Waals surface area contributed by atoms with E-state index in [-0.39, 0.29) is 5.41 Å². The van der Waals surface area contributed by atoms with Crippen LogP contribution in [0.5, 0.6) is 0 Å². The van der Waals surface area contributed by atoms with Crippen LogP contribution in [0.3, 0.4) is 0 Å². The number of benzene rings is 3. The Morgan fingerprint density at radius 2 is 1.22 bits per heavy atom. The van der Waals surface area contributed by atoms with Crippen molar-refractivity contribution in [1.82, 2.24) is 14.7 Å². The lowest BCUT2D eigenvalue weighted by Gasteiger charge is -2.52. The van der Waals surface area contributed by atoms with E-state index in [2.05, 4.69) is 113 Å². The number of rotatable bonds is 8. The van der Waals surface area contributed by atoms with E-state index >= 15 is 0 Å². The van der Waals surface area contributed by atoms with Crippen molar-refractivity contribution in [2.75, 3.05) is 52.9 Å². The Morgan fingerprint density at radius 3 is 1.72 bits per heavy atom. The van der Waals surface area contributed by atoms with Crippen LogP contribution in [0.4, 0.5) is 0 Å². The number of carbonyl (C=O) groups excluding carboxylic acids is 1. The van der Waals surface area contributed by atoms with Gasteiger partial charge in [-0.15, -0.1) is 0 Å². The molecule has 2 aliphatic heterocycles. The lowest BCUT2D eigenvalue weighted by atomic mass is 9.69. The molecule has 0 radical (unpaired) electrons. The third-order valence-corrected chi connectivity index (χ3v) is 8.65. The number of aldehydes is 1. The smallest absolute Gasteiger partial charge is 0.122 e. The summed E-state index contributed by atoms with van der Waals surface area (Å²) in [7, 11) is 2.22. The summed E-state index contributed by atoms with van der Waals surface area (Å²) in [4.78, 5) is 19.9. The van der Waals surface area contributed by atoms with E-state index in [4.69, 9.17) is 0 Å². The van der Waals surface area contributed by atoms with Crippen molar-refractivity contribution in [3.63, 3.8) is 0 Å². The molecule has 0 unspecified atom stereocenters. The fourth-order valence-electron chi connectivity index (χ4n) is 6.53. The topological polar surface area (TPSA) is 26.8 Å². The van der Waals surface area contributed by atoms with Gasteiger partial charge >= 0.3 is 0 Å². The quantitative estimate of drug-likeness (QED) is 0.432. The number of carbonyl (C=O) groups is 1. The van der Waals surface area contributed by atoms with Crippen LogP contribution in [-0.2, 0) is 15.7 Å². The van der Waals surface area contributed by atoms with E-state index < -0.39 is 5.54 Å². The number of likely N-dealkylation sites (N-methyl/N-ethyl adjacent to an activating group) is 1. The number of nitrogens with zero attached hydrogens (tertiary/aromatic N) is 3. The molecular formula is C32H39N3O. The van der Waals surface area contributed by atoms with Crippen molar-refractivity contribution in [3.05, 3.63) is 108 Å². The van der Waals surface area contributed by atoms with Gasteiger partial charge in [0.05, 0.1) is 5.54 Å². The predicted octanol–water partition coefficient (Wildman–Crippen LogP) is 4.80. The maximum absolute atomic E-state index is 12.2. The van der Waals surface area contributed by atoms with Gasteiger partial charge < -0.3 is 9.69 Å². The summed E-state index contributed by atoms with van der Waals surface area (Å²) in [6.45, 7) is 7.58. The minimum Gasteiger partial charge on any atom is -0.304 e. The summed E-state index contributed by atoms with van der Waals surface area (Å²) < 4.78 is 0. The average Bonchev–Trinajstić information content (AvgIpc) is 2.95. The van der Waals surface area contributed by atoms with Crippen LogP contribution in [0.15, 0.2) is 91.0 Å². The average molecular weight is 482 g/mol. The first-order valence-electron chi connectivity index (χ1n) is 13.4. The maximum Gasteiger partial charge on any atom is 0.122 e. The molecule has 0 bridgehead atoms. The van der Waals surface area contributed by atoms with Gasteiger partial charge in [-0.1, -0.05) is 91.0 Å². The lowest BCUT2D eigenvalue weighted by molar-refractivity contribution is -0.110. The molecule has 2 saturated heterocycles. The van der Waals surface area contributed by atoms with Crippen LogP contribution < -0.4 is 0 Å². The fourth-order valence-corrected chi connectivity index (χ4v) is 6.53. The molecule has 2 fully saturated rings. The second-order valence-electron chi connectivity index (χ2n) is 10.7. The molecule has 0 spiro atoms. The molecular weight excluding hydrogens is 442 g/mol. The highest BCUT2D eigenvalue weighted by molar-refractivity contribution is 5.57. The summed E-state index contributed by atoms with van der Waals surface area (Å²) in [6.07, 6.45) is 3.74. The summed E-state index contributed by atoms with van der Waals surface area (Å²) in [5.74, 6) is 0. The number of hydrogen-bond donors (Lipinski definition) is 0. The van der Waals surface area contributed by atoms with Gasteiger partial charge in [-0.2, -0.15) is 0 Å². The number of likely N-dealkylation sites (tertiary alicyclic amines) is 1. The molecule has 0 aromatic heterocycles. The molecule has 188 valence electrons. The highest BCUT2D eigenvalue weighted by atomic mass is 16.1. The molecule has 0 N–H and O–H groups in total. The highest BCUT2D eigenvalue weighted by Gasteiger charge is 2.46. The molecule has 0 aliphatic carbocycles. The Morgan fingerprint density at radius 1 is 0.722 bits per heavy atom. The summed E-state index contributed by atoms with van der Waals surface area (Å²) >= 11 is 0. The zero-order valence-corrected chi connectivity index (χ0v) is 21.6. The first-order chi connectivity index (χ1) is 17.7. The fraction of sp³-hybridized carbons (Fsp3) is 0.406. The molecule has 4 heteroatoms. The SMILES string of the molecule is CN1CCN(CC2(c3ccccc3)CCN(C(CC=O)(c3ccccc3)c3ccccc3)CC2)CC1. The van der Waals surface area contributed by atoms with Crippen molar-refractivity contribution in [2.24, 2.45) is 0 Å². The number of piperidine rings is 1. The Bertz CT molecular complexity index is 1050. The van der Waals surface area contributed by atoms with E-state index in [1.54, 1.807) is 0 Å². The van der Waals surface area contributed by atoms with Crippen LogP contribution in [0.25, 0.3) is 0 Å². The largest absolute Gasteiger partial charge is 0.304 e. The van der Waals surface area contributed by atoms with E-state index in [1.807, 2.05) is 0 Å². The molecule has 5 rings (SSSR count). The van der Waals surface area contributed by atoms with E-state index in [0.29, 0.717) is 6.42 Å². The Kier molecular flexibility index (Phi) is 7.66. The normalized spacial score (nSPS) is 19.7. The summed E-state index contributed by atoms with van der Waals surface area (Å²) in [5.41, 5.74) is 3.56. The summed E-state index contributed by atoms with van der Waals surface area (Å²) in [6, 6.07) is 32.5. The Labute approximate surface area is 216 Å². The summed E-state index contributed by atoms with van der Waals surface area (Å²) in [5, 5.41) is 0. The Balaban J connectivity index is 1.48. The van der Waals surface area contributed by atoms with Crippen LogP contribution >= 0.6 is 0 Å². The monoisotopic (exact) mass is 481 g/mol. The molecule has 0 saturated carbocycles. The van der Waals surface area contributed by atoms with Gasteiger partial charge in [0.1, 0.15) is 6.29 Å². The molecule has 0 amide bonds. The van der Waals surface area contributed by atoms with Gasteiger partial charge in [0.2, 0.25) is 0 Å². The number of piperazine rings is 1. The van der Waals surface area contributed by atoms with Crippen molar-refractivity contribution in [3.8, 4) is 0 Å². The number of hydrogen-bond acceptors (Lipinski definition) is 4. The van der Waals surface area contributed by atoms with Crippen LogP contribution in [0, 0.1) is 0 Å². The maximum atomic E-state index is 12.2. The van der Waals surface area contributed by atoms with Gasteiger partial charge in [0.25, 0.3) is 0 Å². The van der Waals surface area contributed by atoms with Gasteiger partial charge in [-0.05, 0) is 36.6 Å². The standard InChI is InChI=1S/C32H39N3O/c1-33-22-24-34(25-23-33)27-31(28-11-5-2-6-12-28)17-20-35(21-18-31)32(19-26-36,29-13-7-3-8-14-29)30-15-9-4-10-16-30/h2-16,26H,17-25,27H2,1H3. The van der Waals surface area contributed by atoms with Gasteiger partial charge in [-0.25, -0.2) is 0 Å². The first kappa shape index (κ1) is 24.9.